The van der Waals surface area contributed by atoms with Crippen LogP contribution in [0.5, 0.6) is 0 Å². The summed E-state index contributed by atoms with van der Waals surface area (Å²) in [4.78, 5) is 18.9. The van der Waals surface area contributed by atoms with Crippen molar-refractivity contribution in [3.63, 3.8) is 0 Å². The molecule has 0 aliphatic heterocycles. The fourth-order valence-corrected chi connectivity index (χ4v) is 1.91. The molecule has 1 aromatic rings. The molecule has 0 fully saturated rings. The Morgan fingerprint density at radius 2 is 2.39 bits per heavy atom. The Hall–Kier alpha value is -1.27. The Balaban J connectivity index is 2.80. The van der Waals surface area contributed by atoms with Gasteiger partial charge < -0.3 is 10.5 Å². The van der Waals surface area contributed by atoms with E-state index >= 15 is 0 Å². The number of carbonyl (C=O) groups excluding carboxylic acids is 1. The van der Waals surface area contributed by atoms with Crippen molar-refractivity contribution in [2.24, 2.45) is 5.73 Å². The number of nitrogens with zero attached hydrogens (tertiary/aromatic N) is 2. The maximum Gasteiger partial charge on any atom is 0.302 e. The first-order valence-corrected chi connectivity index (χ1v) is 6.79. The van der Waals surface area contributed by atoms with Gasteiger partial charge in [-0.2, -0.15) is 0 Å². The molecule has 1 rings (SSSR count). The summed E-state index contributed by atoms with van der Waals surface area (Å²) in [6.45, 7) is 1.61. The van der Waals surface area contributed by atoms with Gasteiger partial charge in [0.2, 0.25) is 0 Å². The zero-order valence-electron chi connectivity index (χ0n) is 10.1. The Labute approximate surface area is 115 Å². The third kappa shape index (κ3) is 4.19. The standard InChI is InChI=1S/C11H14ClN3O2S/c1-7(16)17-4-3-8(5-13)9-6-14-11(18-2)15-10(9)12/h5-6H,3-4,13H2,1-2H3/b8-5-. The van der Waals surface area contributed by atoms with Crippen molar-refractivity contribution in [2.45, 2.75) is 18.5 Å². The summed E-state index contributed by atoms with van der Waals surface area (Å²) in [6.07, 6.45) is 5.38. The van der Waals surface area contributed by atoms with E-state index in [0.717, 1.165) is 5.57 Å². The van der Waals surface area contributed by atoms with Crippen LogP contribution >= 0.6 is 23.4 Å². The van der Waals surface area contributed by atoms with Gasteiger partial charge in [-0.1, -0.05) is 23.4 Å². The molecule has 0 saturated carbocycles. The molecule has 2 N–H and O–H groups in total. The molecule has 0 amide bonds. The Morgan fingerprint density at radius 1 is 1.67 bits per heavy atom. The van der Waals surface area contributed by atoms with Crippen LogP contribution in [0.2, 0.25) is 5.15 Å². The van der Waals surface area contributed by atoms with Crippen molar-refractivity contribution in [3.8, 4) is 0 Å². The molecule has 7 heteroatoms. The molecule has 1 heterocycles. The van der Waals surface area contributed by atoms with E-state index in [-0.39, 0.29) is 12.6 Å². The predicted molar refractivity (Wildman–Crippen MR) is 72.2 cm³/mol. The van der Waals surface area contributed by atoms with Crippen molar-refractivity contribution < 1.29 is 9.53 Å². The third-order valence-electron chi connectivity index (χ3n) is 2.13. The highest BCUT2D eigenvalue weighted by atomic mass is 35.5. The monoisotopic (exact) mass is 287 g/mol. The number of hydrogen-bond acceptors (Lipinski definition) is 6. The Bertz CT molecular complexity index is 466. The smallest absolute Gasteiger partial charge is 0.302 e. The summed E-state index contributed by atoms with van der Waals surface area (Å²) in [5.74, 6) is -0.327. The largest absolute Gasteiger partial charge is 0.466 e. The Morgan fingerprint density at radius 3 is 2.89 bits per heavy atom. The lowest BCUT2D eigenvalue weighted by Gasteiger charge is -2.08. The van der Waals surface area contributed by atoms with Crippen molar-refractivity contribution in [1.82, 2.24) is 9.97 Å². The van der Waals surface area contributed by atoms with E-state index in [0.29, 0.717) is 22.3 Å². The lowest BCUT2D eigenvalue weighted by atomic mass is 10.1. The summed E-state index contributed by atoms with van der Waals surface area (Å²) in [5.41, 5.74) is 6.94. The molecular formula is C11H14ClN3O2S. The Kier molecular flexibility index (Phi) is 5.94. The van der Waals surface area contributed by atoms with Gasteiger partial charge in [0.1, 0.15) is 5.15 Å². The summed E-state index contributed by atoms with van der Waals surface area (Å²) in [6, 6.07) is 0. The van der Waals surface area contributed by atoms with Gasteiger partial charge >= 0.3 is 5.97 Å². The second-order valence-electron chi connectivity index (χ2n) is 3.34. The highest BCUT2D eigenvalue weighted by molar-refractivity contribution is 7.98. The summed E-state index contributed by atoms with van der Waals surface area (Å²) >= 11 is 7.46. The fraction of sp³-hybridized carbons (Fsp3) is 0.364. The predicted octanol–water partition coefficient (Wildman–Crippen LogP) is 2.10. The summed E-state index contributed by atoms with van der Waals surface area (Å²) < 4.78 is 4.86. The number of ether oxygens (including phenoxy) is 1. The number of rotatable bonds is 5. The number of thioether (sulfide) groups is 1. The van der Waals surface area contributed by atoms with Crippen LogP contribution in [0.15, 0.2) is 17.6 Å². The minimum absolute atomic E-state index is 0.249. The van der Waals surface area contributed by atoms with E-state index < -0.39 is 0 Å². The molecule has 0 aliphatic carbocycles. The molecular weight excluding hydrogens is 274 g/mol. The second-order valence-corrected chi connectivity index (χ2v) is 4.47. The number of esters is 1. The van der Waals surface area contributed by atoms with Gasteiger partial charge in [-0.3, -0.25) is 4.79 Å². The average molecular weight is 288 g/mol. The lowest BCUT2D eigenvalue weighted by Crippen LogP contribution is -2.03. The van der Waals surface area contributed by atoms with E-state index in [9.17, 15) is 4.79 Å². The molecule has 18 heavy (non-hydrogen) atoms. The van der Waals surface area contributed by atoms with Crippen molar-refractivity contribution >= 4 is 34.9 Å². The first kappa shape index (κ1) is 14.8. The van der Waals surface area contributed by atoms with Gasteiger partial charge in [0.15, 0.2) is 5.16 Å². The van der Waals surface area contributed by atoms with Gasteiger partial charge in [-0.15, -0.1) is 0 Å². The number of halogens is 1. The van der Waals surface area contributed by atoms with E-state index in [4.69, 9.17) is 22.1 Å². The van der Waals surface area contributed by atoms with Crippen molar-refractivity contribution in [3.05, 3.63) is 23.1 Å². The molecule has 0 bridgehead atoms. The van der Waals surface area contributed by atoms with Crippen molar-refractivity contribution in [1.29, 1.82) is 0 Å². The first-order valence-electron chi connectivity index (χ1n) is 5.19. The lowest BCUT2D eigenvalue weighted by molar-refractivity contribution is -0.140. The van der Waals surface area contributed by atoms with E-state index in [1.165, 1.54) is 24.9 Å². The minimum Gasteiger partial charge on any atom is -0.466 e. The molecule has 0 aliphatic rings. The first-order chi connectivity index (χ1) is 8.58. The van der Waals surface area contributed by atoms with E-state index in [1.807, 2.05) is 6.26 Å². The number of nitrogens with two attached hydrogens (primary N) is 1. The number of hydrogen-bond donors (Lipinski definition) is 1. The normalized spacial score (nSPS) is 11.4. The molecule has 0 aromatic carbocycles. The molecule has 0 spiro atoms. The topological polar surface area (TPSA) is 78.1 Å². The van der Waals surface area contributed by atoms with Crippen LogP contribution in [0.3, 0.4) is 0 Å². The SMILES string of the molecule is CSc1ncc(/C(=C\N)CCOC(C)=O)c(Cl)n1. The number of carbonyl (C=O) groups is 1. The highest BCUT2D eigenvalue weighted by Gasteiger charge is 2.10. The second kappa shape index (κ2) is 7.23. The van der Waals surface area contributed by atoms with Crippen LogP contribution in [-0.4, -0.2) is 28.8 Å². The van der Waals surface area contributed by atoms with Gasteiger partial charge in [0.25, 0.3) is 0 Å². The zero-order chi connectivity index (χ0) is 13.5. The summed E-state index contributed by atoms with van der Waals surface area (Å²) in [7, 11) is 0. The van der Waals surface area contributed by atoms with E-state index in [2.05, 4.69) is 9.97 Å². The molecule has 0 unspecified atom stereocenters. The third-order valence-corrected chi connectivity index (χ3v) is 2.98. The zero-order valence-corrected chi connectivity index (χ0v) is 11.7. The van der Waals surface area contributed by atoms with Gasteiger partial charge in [0, 0.05) is 25.1 Å². The highest BCUT2D eigenvalue weighted by Crippen LogP contribution is 2.25. The minimum atomic E-state index is -0.327. The van der Waals surface area contributed by atoms with Crippen LogP contribution < -0.4 is 5.73 Å². The van der Waals surface area contributed by atoms with Crippen LogP contribution in [-0.2, 0) is 9.53 Å². The van der Waals surface area contributed by atoms with Crippen LogP contribution in [0, 0.1) is 0 Å². The van der Waals surface area contributed by atoms with Gasteiger partial charge in [0.05, 0.1) is 6.61 Å². The quantitative estimate of drug-likeness (QED) is 0.387. The molecule has 0 atom stereocenters. The average Bonchev–Trinajstić information content (AvgIpc) is 2.35. The maximum atomic E-state index is 10.7. The van der Waals surface area contributed by atoms with Gasteiger partial charge in [-0.05, 0) is 18.0 Å². The van der Waals surface area contributed by atoms with Crippen LogP contribution in [0.25, 0.3) is 5.57 Å². The van der Waals surface area contributed by atoms with Gasteiger partial charge in [-0.25, -0.2) is 9.97 Å². The molecule has 5 nitrogen and oxygen atoms in total. The maximum absolute atomic E-state index is 10.7. The molecule has 1 aromatic heterocycles. The van der Waals surface area contributed by atoms with Crippen LogP contribution in [0.4, 0.5) is 0 Å². The molecule has 0 saturated heterocycles. The van der Waals surface area contributed by atoms with Crippen LogP contribution in [0.1, 0.15) is 18.9 Å². The molecule has 98 valence electrons. The molecule has 0 radical (unpaired) electrons. The summed E-state index contributed by atoms with van der Waals surface area (Å²) in [5, 5.41) is 0.939. The van der Waals surface area contributed by atoms with Crippen molar-refractivity contribution in [2.75, 3.05) is 12.9 Å². The fourth-order valence-electron chi connectivity index (χ4n) is 1.27. The number of aromatic nitrogens is 2. The van der Waals surface area contributed by atoms with E-state index in [1.54, 1.807) is 6.20 Å².